The van der Waals surface area contributed by atoms with Crippen molar-refractivity contribution in [2.24, 2.45) is 11.8 Å². The summed E-state index contributed by atoms with van der Waals surface area (Å²) < 4.78 is -0.393. The Balaban J connectivity index is 2.61. The number of carbonyl (C=O) groups is 1. The van der Waals surface area contributed by atoms with Crippen molar-refractivity contribution in [3.8, 4) is 0 Å². The second-order valence-corrected chi connectivity index (χ2v) is 7.34. The van der Waals surface area contributed by atoms with E-state index in [0.717, 1.165) is 25.7 Å². The predicted molar refractivity (Wildman–Crippen MR) is 62.4 cm³/mol. The van der Waals surface area contributed by atoms with Crippen LogP contribution in [-0.4, -0.2) is 9.02 Å². The summed E-state index contributed by atoms with van der Waals surface area (Å²) in [5.74, 6) is 1.13. The van der Waals surface area contributed by atoms with Gasteiger partial charge in [0.2, 0.25) is 0 Å². The quantitative estimate of drug-likeness (QED) is 0.720. The zero-order chi connectivity index (χ0) is 10.1. The van der Waals surface area contributed by atoms with Gasteiger partial charge in [-0.25, -0.2) is 0 Å². The van der Waals surface area contributed by atoms with Gasteiger partial charge < -0.3 is 0 Å². The second-order valence-electron chi connectivity index (χ2n) is 3.78. The zero-order valence-electron chi connectivity index (χ0n) is 8.15. The van der Waals surface area contributed by atoms with Crippen LogP contribution in [0.25, 0.3) is 0 Å². The Kier molecular flexibility index (Phi) is 3.99. The average molecular weight is 312 g/mol. The van der Waals surface area contributed by atoms with Crippen LogP contribution in [0.15, 0.2) is 0 Å². The highest BCUT2D eigenvalue weighted by Gasteiger charge is 2.57. The molecule has 1 rings (SSSR count). The SMILES string of the molecule is CCC[C@@H]1C(=O)C(Br)(Br)[C@H]1CCC. The van der Waals surface area contributed by atoms with E-state index < -0.39 is 3.23 Å². The van der Waals surface area contributed by atoms with Crippen molar-refractivity contribution in [1.29, 1.82) is 0 Å². The van der Waals surface area contributed by atoms with E-state index >= 15 is 0 Å². The average Bonchev–Trinajstić information content (AvgIpc) is 2.10. The molecule has 0 bridgehead atoms. The summed E-state index contributed by atoms with van der Waals surface area (Å²) in [4.78, 5) is 11.7. The fourth-order valence-electron chi connectivity index (χ4n) is 2.11. The molecular weight excluding hydrogens is 296 g/mol. The Bertz CT molecular complexity index is 201. The van der Waals surface area contributed by atoms with Gasteiger partial charge in [-0.2, -0.15) is 0 Å². The van der Waals surface area contributed by atoms with Gasteiger partial charge in [0.1, 0.15) is 3.23 Å². The minimum atomic E-state index is -0.393. The second kappa shape index (κ2) is 4.43. The Labute approximate surface area is 96.9 Å². The molecule has 76 valence electrons. The minimum absolute atomic E-state index is 0.295. The van der Waals surface area contributed by atoms with Crippen molar-refractivity contribution in [3.63, 3.8) is 0 Å². The Morgan fingerprint density at radius 3 is 2.23 bits per heavy atom. The molecule has 1 saturated carbocycles. The predicted octanol–water partition coefficient (Wildman–Crippen LogP) is 3.89. The van der Waals surface area contributed by atoms with Crippen LogP contribution < -0.4 is 0 Å². The van der Waals surface area contributed by atoms with Gasteiger partial charge in [0, 0.05) is 11.8 Å². The number of carbonyl (C=O) groups excluding carboxylic acids is 1. The normalized spacial score (nSPS) is 31.5. The monoisotopic (exact) mass is 310 g/mol. The molecule has 1 fully saturated rings. The van der Waals surface area contributed by atoms with E-state index in [4.69, 9.17) is 0 Å². The van der Waals surface area contributed by atoms with Crippen LogP contribution >= 0.6 is 31.9 Å². The van der Waals surface area contributed by atoms with Gasteiger partial charge >= 0.3 is 0 Å². The number of Topliss-reactive ketones (excluding diaryl/α,β-unsaturated/α-hetero) is 1. The van der Waals surface area contributed by atoms with Gasteiger partial charge in [0.15, 0.2) is 5.78 Å². The number of hydrogen-bond donors (Lipinski definition) is 0. The van der Waals surface area contributed by atoms with Crippen LogP contribution in [-0.2, 0) is 4.79 Å². The molecule has 0 amide bonds. The lowest BCUT2D eigenvalue weighted by Gasteiger charge is -2.46. The van der Waals surface area contributed by atoms with Gasteiger partial charge in [-0.05, 0) is 12.8 Å². The fourth-order valence-corrected chi connectivity index (χ4v) is 3.79. The summed E-state index contributed by atoms with van der Waals surface area (Å²) in [6, 6.07) is 0. The van der Waals surface area contributed by atoms with Crippen LogP contribution in [0, 0.1) is 11.8 Å². The lowest BCUT2D eigenvalue weighted by atomic mass is 9.68. The number of ketones is 1. The maximum atomic E-state index is 11.7. The molecule has 0 aromatic heterocycles. The lowest BCUT2D eigenvalue weighted by Crippen LogP contribution is -2.55. The highest BCUT2D eigenvalue weighted by molar-refractivity contribution is 9.26. The molecule has 0 radical (unpaired) electrons. The van der Waals surface area contributed by atoms with Crippen molar-refractivity contribution in [2.75, 3.05) is 0 Å². The minimum Gasteiger partial charge on any atom is -0.297 e. The molecule has 2 atom stereocenters. The van der Waals surface area contributed by atoms with Gasteiger partial charge in [0.05, 0.1) is 0 Å². The molecule has 1 aliphatic rings. The number of rotatable bonds is 4. The molecule has 0 unspecified atom stereocenters. The van der Waals surface area contributed by atoms with E-state index in [1.807, 2.05) is 0 Å². The van der Waals surface area contributed by atoms with Crippen LogP contribution in [0.1, 0.15) is 39.5 Å². The maximum Gasteiger partial charge on any atom is 0.163 e. The number of alkyl halides is 2. The molecular formula is C10H16Br2O. The van der Waals surface area contributed by atoms with Crippen LogP contribution in [0.4, 0.5) is 0 Å². The van der Waals surface area contributed by atoms with Gasteiger partial charge in [-0.1, -0.05) is 58.5 Å². The first-order valence-electron chi connectivity index (χ1n) is 4.97. The highest BCUT2D eigenvalue weighted by atomic mass is 79.9. The fraction of sp³-hybridized carbons (Fsp3) is 0.900. The molecule has 0 spiro atoms. The largest absolute Gasteiger partial charge is 0.297 e. The molecule has 0 aromatic rings. The summed E-state index contributed by atoms with van der Waals surface area (Å²) in [6.07, 6.45) is 4.43. The van der Waals surface area contributed by atoms with E-state index in [9.17, 15) is 4.79 Å². The zero-order valence-corrected chi connectivity index (χ0v) is 11.3. The first-order valence-corrected chi connectivity index (χ1v) is 6.56. The topological polar surface area (TPSA) is 17.1 Å². The Morgan fingerprint density at radius 1 is 1.23 bits per heavy atom. The molecule has 0 heterocycles. The van der Waals surface area contributed by atoms with Crippen LogP contribution in [0.3, 0.4) is 0 Å². The summed E-state index contributed by atoms with van der Waals surface area (Å²) in [5.41, 5.74) is 0. The molecule has 0 aromatic carbocycles. The summed E-state index contributed by atoms with van der Waals surface area (Å²) >= 11 is 6.95. The summed E-state index contributed by atoms with van der Waals surface area (Å²) in [7, 11) is 0. The van der Waals surface area contributed by atoms with Crippen molar-refractivity contribution in [2.45, 2.75) is 42.8 Å². The molecule has 1 nitrogen and oxygen atoms in total. The standard InChI is InChI=1S/C10H16Br2O/c1-3-5-7-8(6-4-2)10(11,12)9(7)13/h7-8H,3-6H2,1-2H3/t7-,8-/m0/s1. The van der Waals surface area contributed by atoms with Gasteiger partial charge in [-0.3, -0.25) is 4.79 Å². The Morgan fingerprint density at radius 2 is 1.77 bits per heavy atom. The van der Waals surface area contributed by atoms with Gasteiger partial charge in [-0.15, -0.1) is 0 Å². The first-order chi connectivity index (χ1) is 6.05. The van der Waals surface area contributed by atoms with Crippen LogP contribution in [0.2, 0.25) is 0 Å². The molecule has 0 saturated heterocycles. The molecule has 1 aliphatic carbocycles. The van der Waals surface area contributed by atoms with E-state index in [-0.39, 0.29) is 0 Å². The molecule has 13 heavy (non-hydrogen) atoms. The van der Waals surface area contributed by atoms with E-state index in [0.29, 0.717) is 17.6 Å². The Hall–Kier alpha value is 0.630. The molecule has 3 heteroatoms. The maximum absolute atomic E-state index is 11.7. The third-order valence-electron chi connectivity index (χ3n) is 2.82. The third kappa shape index (κ3) is 2.01. The van der Waals surface area contributed by atoms with Crippen molar-refractivity contribution in [1.82, 2.24) is 0 Å². The first kappa shape index (κ1) is 11.7. The third-order valence-corrected chi connectivity index (χ3v) is 4.77. The van der Waals surface area contributed by atoms with E-state index in [2.05, 4.69) is 45.7 Å². The van der Waals surface area contributed by atoms with E-state index in [1.165, 1.54) is 0 Å². The number of hydrogen-bond acceptors (Lipinski definition) is 1. The van der Waals surface area contributed by atoms with E-state index in [1.54, 1.807) is 0 Å². The molecule has 0 aliphatic heterocycles. The lowest BCUT2D eigenvalue weighted by molar-refractivity contribution is -0.134. The van der Waals surface area contributed by atoms with Gasteiger partial charge in [0.25, 0.3) is 0 Å². The van der Waals surface area contributed by atoms with Crippen molar-refractivity contribution in [3.05, 3.63) is 0 Å². The summed E-state index contributed by atoms with van der Waals surface area (Å²) in [6.45, 7) is 4.31. The highest BCUT2D eigenvalue weighted by Crippen LogP contribution is 2.54. The molecule has 0 N–H and O–H groups in total. The number of halogens is 2. The van der Waals surface area contributed by atoms with Crippen LogP contribution in [0.5, 0.6) is 0 Å². The summed E-state index contributed by atoms with van der Waals surface area (Å²) in [5, 5.41) is 0. The smallest absolute Gasteiger partial charge is 0.163 e. The van der Waals surface area contributed by atoms with Crippen molar-refractivity contribution < 1.29 is 4.79 Å². The van der Waals surface area contributed by atoms with Crippen molar-refractivity contribution >= 4 is 37.6 Å².